The number of hydrogen-bond acceptors (Lipinski definition) is 5. The largest absolute Gasteiger partial charge is 0.294 e. The number of para-hydroxylation sites is 1. The number of carbonyl (C=O) groups is 1. The summed E-state index contributed by atoms with van der Waals surface area (Å²) in [5.74, 6) is 0.0692. The van der Waals surface area contributed by atoms with Crippen molar-refractivity contribution in [1.29, 1.82) is 0 Å². The van der Waals surface area contributed by atoms with Gasteiger partial charge in [0, 0.05) is 43.8 Å². The first-order valence-corrected chi connectivity index (χ1v) is 14.1. The van der Waals surface area contributed by atoms with Gasteiger partial charge in [-0.3, -0.25) is 14.2 Å². The third-order valence-corrected chi connectivity index (χ3v) is 8.43. The van der Waals surface area contributed by atoms with Crippen molar-refractivity contribution in [3.63, 3.8) is 0 Å². The number of halogens is 1. The molecule has 2 aromatic heterocycles. The minimum absolute atomic E-state index is 0.0692. The zero-order valence-corrected chi connectivity index (χ0v) is 23.1. The molecule has 184 valence electrons. The highest BCUT2D eigenvalue weighted by Crippen LogP contribution is 2.39. The van der Waals surface area contributed by atoms with Crippen LogP contribution in [0.5, 0.6) is 0 Å². The Bertz CT molecular complexity index is 1520. The lowest BCUT2D eigenvalue weighted by Gasteiger charge is -2.32. The molecule has 0 bridgehead atoms. The number of fused-ring (bicyclic) bond motifs is 1. The predicted octanol–water partition coefficient (Wildman–Crippen LogP) is 7.94. The van der Waals surface area contributed by atoms with Gasteiger partial charge < -0.3 is 0 Å². The Morgan fingerprint density at radius 1 is 1.03 bits per heavy atom. The van der Waals surface area contributed by atoms with Crippen molar-refractivity contribution in [2.75, 3.05) is 0 Å². The Morgan fingerprint density at radius 3 is 2.47 bits per heavy atom. The van der Waals surface area contributed by atoms with E-state index in [0.717, 1.165) is 27.5 Å². The molecule has 4 aromatic rings. The Morgan fingerprint density at radius 2 is 1.75 bits per heavy atom. The highest BCUT2D eigenvalue weighted by molar-refractivity contribution is 8.00. The van der Waals surface area contributed by atoms with Gasteiger partial charge in [-0.05, 0) is 42.2 Å². The van der Waals surface area contributed by atoms with Crippen molar-refractivity contribution in [3.8, 4) is 27.5 Å². The minimum Gasteiger partial charge on any atom is -0.294 e. The molecule has 0 amide bonds. The quantitative estimate of drug-likeness (QED) is 0.244. The van der Waals surface area contributed by atoms with Gasteiger partial charge in [0.15, 0.2) is 5.78 Å². The van der Waals surface area contributed by atoms with E-state index in [1.54, 1.807) is 22.4 Å². The molecule has 0 N–H and O–H groups in total. The van der Waals surface area contributed by atoms with Crippen LogP contribution in [0.25, 0.3) is 27.5 Å². The number of benzene rings is 2. The molecule has 0 spiro atoms. The van der Waals surface area contributed by atoms with Gasteiger partial charge in [0.05, 0.1) is 16.9 Å². The summed E-state index contributed by atoms with van der Waals surface area (Å²) >= 11 is 9.17. The standard InChI is InChI=1S/C29H27ClN2O2S2/c1-17(2)36-26-8-6-5-7-23(26)32-24-14-29(3,4)15-25(33)20(24)13-21(28(32)34)27-31-22(16-35-27)18-9-11-19(30)12-10-18/h5-13,16-17H,14-15H2,1-4H3. The van der Waals surface area contributed by atoms with Gasteiger partial charge >= 0.3 is 0 Å². The molecule has 2 heterocycles. The van der Waals surface area contributed by atoms with E-state index in [2.05, 4.69) is 27.7 Å². The van der Waals surface area contributed by atoms with Crippen LogP contribution in [0, 0.1) is 5.41 Å². The second-order valence-electron chi connectivity index (χ2n) is 10.2. The maximum atomic E-state index is 14.2. The van der Waals surface area contributed by atoms with E-state index in [1.165, 1.54) is 11.3 Å². The number of rotatable bonds is 5. The van der Waals surface area contributed by atoms with Crippen LogP contribution in [0.15, 0.2) is 69.7 Å². The number of nitrogens with zero attached hydrogens (tertiary/aromatic N) is 2. The lowest BCUT2D eigenvalue weighted by atomic mass is 9.75. The molecule has 2 aromatic carbocycles. The highest BCUT2D eigenvalue weighted by atomic mass is 35.5. The summed E-state index contributed by atoms with van der Waals surface area (Å²) in [6.45, 7) is 8.45. The predicted molar refractivity (Wildman–Crippen MR) is 151 cm³/mol. The average Bonchev–Trinajstić information content (AvgIpc) is 3.29. The number of Topliss-reactive ketones (excluding diaryl/α,β-unsaturated/α-hetero) is 1. The van der Waals surface area contributed by atoms with E-state index in [4.69, 9.17) is 16.6 Å². The van der Waals surface area contributed by atoms with Crippen molar-refractivity contribution in [1.82, 2.24) is 9.55 Å². The molecule has 0 fully saturated rings. The molecule has 1 aliphatic carbocycles. The first kappa shape index (κ1) is 25.0. The van der Waals surface area contributed by atoms with Crippen molar-refractivity contribution >= 4 is 40.5 Å². The van der Waals surface area contributed by atoms with Gasteiger partial charge in [-0.2, -0.15) is 0 Å². The second kappa shape index (κ2) is 9.66. The monoisotopic (exact) mass is 534 g/mol. The fourth-order valence-electron chi connectivity index (χ4n) is 4.67. The number of thioether (sulfide) groups is 1. The smallest absolute Gasteiger partial charge is 0.265 e. The summed E-state index contributed by atoms with van der Waals surface area (Å²) in [6, 6.07) is 17.2. The highest BCUT2D eigenvalue weighted by Gasteiger charge is 2.35. The molecule has 4 nitrogen and oxygen atoms in total. The van der Waals surface area contributed by atoms with E-state index >= 15 is 0 Å². The molecular weight excluding hydrogens is 508 g/mol. The summed E-state index contributed by atoms with van der Waals surface area (Å²) < 4.78 is 1.78. The van der Waals surface area contributed by atoms with Crippen LogP contribution in [0.4, 0.5) is 0 Å². The average molecular weight is 535 g/mol. The molecule has 0 saturated heterocycles. The molecule has 36 heavy (non-hydrogen) atoms. The maximum absolute atomic E-state index is 14.2. The maximum Gasteiger partial charge on any atom is 0.265 e. The van der Waals surface area contributed by atoms with Gasteiger partial charge in [-0.25, -0.2) is 4.98 Å². The van der Waals surface area contributed by atoms with Gasteiger partial charge in [-0.1, -0.05) is 63.6 Å². The van der Waals surface area contributed by atoms with Crippen LogP contribution < -0.4 is 5.56 Å². The Labute approximate surface area is 224 Å². The summed E-state index contributed by atoms with van der Waals surface area (Å²) in [6.07, 6.45) is 1.10. The molecule has 0 radical (unpaired) electrons. The molecule has 0 saturated carbocycles. The fraction of sp³-hybridized carbons (Fsp3) is 0.276. The summed E-state index contributed by atoms with van der Waals surface area (Å²) in [7, 11) is 0. The van der Waals surface area contributed by atoms with Crippen LogP contribution in [0.3, 0.4) is 0 Å². The van der Waals surface area contributed by atoms with E-state index < -0.39 is 0 Å². The Balaban J connectivity index is 1.74. The first-order valence-electron chi connectivity index (χ1n) is 11.9. The van der Waals surface area contributed by atoms with Crippen LogP contribution in [0.1, 0.15) is 50.2 Å². The molecule has 5 rings (SSSR count). The van der Waals surface area contributed by atoms with E-state index in [0.29, 0.717) is 39.2 Å². The first-order chi connectivity index (χ1) is 17.1. The number of carbonyl (C=O) groups excluding carboxylic acids is 1. The van der Waals surface area contributed by atoms with Gasteiger partial charge in [0.2, 0.25) is 0 Å². The summed E-state index contributed by atoms with van der Waals surface area (Å²) in [5, 5.41) is 3.55. The fourth-order valence-corrected chi connectivity index (χ4v) is 6.58. The van der Waals surface area contributed by atoms with Crippen LogP contribution in [-0.4, -0.2) is 20.6 Å². The normalized spacial score (nSPS) is 14.8. The molecule has 0 aliphatic heterocycles. The van der Waals surface area contributed by atoms with Crippen LogP contribution >= 0.6 is 34.7 Å². The number of hydrogen-bond donors (Lipinski definition) is 0. The van der Waals surface area contributed by atoms with Crippen molar-refractivity contribution in [2.45, 2.75) is 50.7 Å². The van der Waals surface area contributed by atoms with Crippen molar-refractivity contribution in [2.24, 2.45) is 5.41 Å². The van der Waals surface area contributed by atoms with E-state index in [9.17, 15) is 9.59 Å². The number of ketones is 1. The molecule has 1 aliphatic rings. The van der Waals surface area contributed by atoms with E-state index in [-0.39, 0.29) is 16.8 Å². The van der Waals surface area contributed by atoms with Gasteiger partial charge in [0.1, 0.15) is 5.01 Å². The summed E-state index contributed by atoms with van der Waals surface area (Å²) in [4.78, 5) is 33.3. The molecule has 0 unspecified atom stereocenters. The van der Waals surface area contributed by atoms with Crippen molar-refractivity contribution in [3.05, 3.63) is 86.6 Å². The third-order valence-electron chi connectivity index (χ3n) is 6.23. The third kappa shape index (κ3) is 4.82. The second-order valence-corrected chi connectivity index (χ2v) is 13.1. The van der Waals surface area contributed by atoms with E-state index in [1.807, 2.05) is 53.9 Å². The molecule has 7 heteroatoms. The lowest BCUT2D eigenvalue weighted by molar-refractivity contribution is 0.0909. The lowest BCUT2D eigenvalue weighted by Crippen LogP contribution is -2.35. The zero-order valence-electron chi connectivity index (χ0n) is 20.7. The number of thiazole rings is 1. The Hall–Kier alpha value is -2.67. The van der Waals surface area contributed by atoms with Crippen LogP contribution in [0.2, 0.25) is 5.02 Å². The number of aromatic nitrogens is 2. The SMILES string of the molecule is CC(C)Sc1ccccc1-n1c2c(cc(-c3nc(-c4ccc(Cl)cc4)cs3)c1=O)C(=O)CC(C)(C)C2. The minimum atomic E-state index is -0.219. The van der Waals surface area contributed by atoms with Gasteiger partial charge in [0.25, 0.3) is 5.56 Å². The summed E-state index contributed by atoms with van der Waals surface area (Å²) in [5.41, 5.74) is 4.02. The van der Waals surface area contributed by atoms with Crippen molar-refractivity contribution < 1.29 is 4.79 Å². The number of pyridine rings is 1. The Kier molecular flexibility index (Phi) is 6.70. The zero-order chi connectivity index (χ0) is 25.6. The topological polar surface area (TPSA) is 52.0 Å². The molecule has 0 atom stereocenters. The van der Waals surface area contributed by atoms with Gasteiger partial charge in [-0.15, -0.1) is 23.1 Å². The van der Waals surface area contributed by atoms with Crippen LogP contribution in [-0.2, 0) is 6.42 Å². The molecular formula is C29H27ClN2O2S2.